The summed E-state index contributed by atoms with van der Waals surface area (Å²) >= 11 is 6.58. The third-order valence-electron chi connectivity index (χ3n) is 9.39. The van der Waals surface area contributed by atoms with E-state index in [0.717, 1.165) is 51.3 Å². The molecule has 4 aliphatic rings. The Morgan fingerprint density at radius 2 is 1.84 bits per heavy atom. The highest BCUT2D eigenvalue weighted by molar-refractivity contribution is 6.34. The average Bonchev–Trinajstić information content (AvgIpc) is 3.46. The number of fused-ring (bicyclic) bond motifs is 3. The van der Waals surface area contributed by atoms with E-state index in [4.69, 9.17) is 27.1 Å². The Hall–Kier alpha value is -3.00. The van der Waals surface area contributed by atoms with Gasteiger partial charge in [-0.15, -0.1) is 0 Å². The van der Waals surface area contributed by atoms with Crippen molar-refractivity contribution in [3.05, 3.63) is 34.1 Å². The van der Waals surface area contributed by atoms with Crippen LogP contribution in [0.15, 0.2) is 12.1 Å². The zero-order chi connectivity index (χ0) is 31.0. The second-order valence-electron chi connectivity index (χ2n) is 12.9. The molecule has 7 rings (SSSR count). The van der Waals surface area contributed by atoms with Crippen molar-refractivity contribution in [1.82, 2.24) is 25.2 Å². The molecule has 3 aromatic rings. The molecule has 3 atom stereocenters. The van der Waals surface area contributed by atoms with Gasteiger partial charge in [0, 0.05) is 55.6 Å². The molecule has 236 valence electrons. The van der Waals surface area contributed by atoms with Gasteiger partial charge in [-0.1, -0.05) is 11.6 Å². The summed E-state index contributed by atoms with van der Waals surface area (Å²) in [6.45, 7) is 5.00. The van der Waals surface area contributed by atoms with Crippen molar-refractivity contribution in [2.24, 2.45) is 5.41 Å². The molecule has 4 N–H and O–H groups in total. The van der Waals surface area contributed by atoms with Crippen LogP contribution in [-0.4, -0.2) is 82.5 Å². The first-order valence-corrected chi connectivity index (χ1v) is 15.4. The molecule has 44 heavy (non-hydrogen) atoms. The summed E-state index contributed by atoms with van der Waals surface area (Å²) in [7, 11) is 0. The van der Waals surface area contributed by atoms with Crippen LogP contribution < -0.4 is 20.7 Å². The first-order valence-electron chi connectivity index (χ1n) is 15.0. The van der Waals surface area contributed by atoms with E-state index in [-0.39, 0.29) is 56.9 Å². The predicted octanol–water partition coefficient (Wildman–Crippen LogP) is 4.56. The Bertz CT molecular complexity index is 1610. The van der Waals surface area contributed by atoms with E-state index in [2.05, 4.69) is 20.2 Å². The standard InChI is InChI=1S/C30H34ClF4N7O2/c1-15-8-21(36)38-26(23(15)30(33,34)35)22-20(31)9-19-25(24(22)32)39-28(40-27(19)42-10-16-2-3-17(11-42)37-16)44-14-29(5-6-29)13-41-7-4-18(43)12-41/h8-9,16-18,37,43H,2-7,10-14H2,1H3,(H2,36,38)/t16?,17?,18-/m0/s1. The SMILES string of the molecule is Cc1cc(N)nc(-c2c(Cl)cc3c(N4CC5CCC(C4)N5)nc(OCC4(CN5CC[C@H](O)C5)CC4)nc3c2F)c1C(F)(F)F. The van der Waals surface area contributed by atoms with Crippen LogP contribution in [0.5, 0.6) is 6.01 Å². The van der Waals surface area contributed by atoms with Crippen molar-refractivity contribution < 1.29 is 27.4 Å². The zero-order valence-corrected chi connectivity index (χ0v) is 25.0. The fourth-order valence-corrected chi connectivity index (χ4v) is 7.34. The average molecular weight is 636 g/mol. The number of alkyl halides is 3. The molecule has 2 aromatic heterocycles. The largest absolute Gasteiger partial charge is 0.463 e. The first kappa shape index (κ1) is 29.7. The number of hydrogen-bond acceptors (Lipinski definition) is 9. The van der Waals surface area contributed by atoms with Gasteiger partial charge >= 0.3 is 12.2 Å². The van der Waals surface area contributed by atoms with E-state index >= 15 is 4.39 Å². The van der Waals surface area contributed by atoms with Gasteiger partial charge in [0.25, 0.3) is 0 Å². The number of anilines is 2. The summed E-state index contributed by atoms with van der Waals surface area (Å²) in [4.78, 5) is 17.3. The van der Waals surface area contributed by atoms with E-state index < -0.39 is 28.8 Å². The number of aliphatic hydroxyl groups excluding tert-OH is 1. The number of benzene rings is 1. The molecule has 0 radical (unpaired) electrons. The van der Waals surface area contributed by atoms with Gasteiger partial charge in [0.1, 0.15) is 17.2 Å². The van der Waals surface area contributed by atoms with Gasteiger partial charge in [-0.3, -0.25) is 4.90 Å². The number of nitrogens with two attached hydrogens (primary N) is 1. The summed E-state index contributed by atoms with van der Waals surface area (Å²) < 4.78 is 65.4. The van der Waals surface area contributed by atoms with Gasteiger partial charge in [0.15, 0.2) is 5.82 Å². The summed E-state index contributed by atoms with van der Waals surface area (Å²) in [5.74, 6) is -0.810. The first-order chi connectivity index (χ1) is 20.9. The van der Waals surface area contributed by atoms with Crippen LogP contribution in [0.2, 0.25) is 5.02 Å². The topological polar surface area (TPSA) is 113 Å². The summed E-state index contributed by atoms with van der Waals surface area (Å²) in [5, 5.41) is 13.5. The van der Waals surface area contributed by atoms with E-state index in [1.807, 2.05) is 4.90 Å². The molecule has 1 aliphatic carbocycles. The van der Waals surface area contributed by atoms with Gasteiger partial charge in [-0.2, -0.15) is 23.1 Å². The van der Waals surface area contributed by atoms with E-state index in [9.17, 15) is 18.3 Å². The number of aryl methyl sites for hydroxylation is 1. The van der Waals surface area contributed by atoms with Crippen molar-refractivity contribution in [2.75, 3.05) is 50.0 Å². The Labute approximate surface area is 256 Å². The highest BCUT2D eigenvalue weighted by Gasteiger charge is 2.46. The molecular formula is C30H34ClF4N7O2. The van der Waals surface area contributed by atoms with E-state index in [1.165, 1.54) is 13.0 Å². The maximum atomic E-state index is 16.6. The molecule has 4 fully saturated rings. The van der Waals surface area contributed by atoms with Gasteiger partial charge in [0.2, 0.25) is 0 Å². The van der Waals surface area contributed by atoms with Crippen molar-refractivity contribution >= 4 is 34.1 Å². The molecule has 3 aliphatic heterocycles. The second-order valence-corrected chi connectivity index (χ2v) is 13.3. The van der Waals surface area contributed by atoms with Gasteiger partial charge in [-0.25, -0.2) is 9.37 Å². The van der Waals surface area contributed by atoms with Crippen molar-refractivity contribution in [2.45, 2.75) is 63.4 Å². The van der Waals surface area contributed by atoms with Gasteiger partial charge in [-0.05, 0) is 56.7 Å². The third kappa shape index (κ3) is 5.52. The van der Waals surface area contributed by atoms with Crippen LogP contribution in [-0.2, 0) is 6.18 Å². The zero-order valence-electron chi connectivity index (χ0n) is 24.2. The molecule has 0 spiro atoms. The smallest absolute Gasteiger partial charge is 0.418 e. The van der Waals surface area contributed by atoms with Crippen LogP contribution in [0.25, 0.3) is 22.2 Å². The number of halogens is 5. The number of ether oxygens (including phenoxy) is 1. The van der Waals surface area contributed by atoms with Crippen molar-refractivity contribution in [1.29, 1.82) is 0 Å². The quantitative estimate of drug-likeness (QED) is 0.322. The normalized spacial score (nSPS) is 24.8. The minimum Gasteiger partial charge on any atom is -0.463 e. The number of nitrogens with one attached hydrogen (secondary N) is 1. The van der Waals surface area contributed by atoms with Gasteiger partial charge in [0.05, 0.1) is 34.6 Å². The number of pyridine rings is 1. The van der Waals surface area contributed by atoms with Crippen LogP contribution in [0, 0.1) is 18.2 Å². The molecular weight excluding hydrogens is 602 g/mol. The fourth-order valence-electron chi connectivity index (χ4n) is 7.06. The van der Waals surface area contributed by atoms with E-state index in [1.54, 1.807) is 0 Å². The maximum absolute atomic E-state index is 16.6. The second kappa shape index (κ2) is 10.8. The van der Waals surface area contributed by atoms with E-state index in [0.29, 0.717) is 32.1 Å². The predicted molar refractivity (Wildman–Crippen MR) is 158 cm³/mol. The molecule has 1 aromatic carbocycles. The van der Waals surface area contributed by atoms with Crippen LogP contribution >= 0.6 is 11.6 Å². The minimum atomic E-state index is -4.83. The number of rotatable bonds is 7. The number of hydrogen-bond donors (Lipinski definition) is 3. The summed E-state index contributed by atoms with van der Waals surface area (Å²) in [5.41, 5.74) is 3.00. The molecule has 3 saturated heterocycles. The number of aromatic nitrogens is 3. The molecule has 2 unspecified atom stereocenters. The van der Waals surface area contributed by atoms with Gasteiger partial charge < -0.3 is 25.8 Å². The summed E-state index contributed by atoms with van der Waals surface area (Å²) in [6.07, 6.45) is -0.538. The highest BCUT2D eigenvalue weighted by atomic mass is 35.5. The number of piperazine rings is 1. The Balaban J connectivity index is 1.32. The van der Waals surface area contributed by atoms with Crippen molar-refractivity contribution in [3.8, 4) is 17.3 Å². The molecule has 5 heterocycles. The Kier molecular flexibility index (Phi) is 7.30. The lowest BCUT2D eigenvalue weighted by Crippen LogP contribution is -2.51. The maximum Gasteiger partial charge on any atom is 0.418 e. The van der Waals surface area contributed by atoms with Crippen molar-refractivity contribution in [3.63, 3.8) is 0 Å². The number of likely N-dealkylation sites (tertiary alicyclic amines) is 1. The molecule has 1 saturated carbocycles. The molecule has 0 amide bonds. The number of nitrogen functional groups attached to an aromatic ring is 1. The highest BCUT2D eigenvalue weighted by Crippen LogP contribution is 2.48. The Morgan fingerprint density at radius 3 is 2.48 bits per heavy atom. The lowest BCUT2D eigenvalue weighted by atomic mass is 9.99. The van der Waals surface area contributed by atoms with Crippen LogP contribution in [0.1, 0.15) is 43.2 Å². The summed E-state index contributed by atoms with van der Waals surface area (Å²) in [6, 6.07) is 2.94. The lowest BCUT2D eigenvalue weighted by Gasteiger charge is -2.34. The molecule has 9 nitrogen and oxygen atoms in total. The number of nitrogens with zero attached hydrogens (tertiary/aromatic N) is 5. The van der Waals surface area contributed by atoms with Crippen LogP contribution in [0.4, 0.5) is 29.2 Å². The minimum absolute atomic E-state index is 0.0500. The number of β-amino-alcohol motifs (C(OH)–C–C–N with tert-alkyl or cyclic N) is 1. The lowest BCUT2D eigenvalue weighted by molar-refractivity contribution is -0.137. The number of aliphatic hydroxyl groups is 1. The Morgan fingerprint density at radius 1 is 1.11 bits per heavy atom. The van der Waals surface area contributed by atoms with Crippen LogP contribution in [0.3, 0.4) is 0 Å². The third-order valence-corrected chi connectivity index (χ3v) is 9.68. The molecule has 14 heteroatoms. The molecule has 2 bridgehead atoms. The fraction of sp³-hybridized carbons (Fsp3) is 0.567. The monoisotopic (exact) mass is 635 g/mol.